The molecule has 0 saturated heterocycles. The first-order valence-electron chi connectivity index (χ1n) is 5.15. The van der Waals surface area contributed by atoms with Gasteiger partial charge in [0.15, 0.2) is 9.84 Å². The van der Waals surface area contributed by atoms with Crippen molar-refractivity contribution in [3.05, 3.63) is 23.8 Å². The summed E-state index contributed by atoms with van der Waals surface area (Å²) in [7, 11) is -4.45. The Morgan fingerprint density at radius 2 is 1.65 bits per heavy atom. The summed E-state index contributed by atoms with van der Waals surface area (Å²) in [6, 6.07) is 1.21. The maximum absolute atomic E-state index is 13.4. The van der Waals surface area contributed by atoms with Crippen LogP contribution in [0.4, 0.5) is 27.6 Å². The molecule has 0 atom stereocenters. The summed E-state index contributed by atoms with van der Waals surface area (Å²) < 4.78 is 89.4. The molecule has 0 bridgehead atoms. The average molecular weight is 319 g/mol. The number of nitrogens with two attached hydrogens (primary N) is 1. The monoisotopic (exact) mass is 319 g/mol. The Kier molecular flexibility index (Phi) is 4.92. The second kappa shape index (κ2) is 5.92. The van der Waals surface area contributed by atoms with E-state index in [1.54, 1.807) is 0 Å². The molecule has 1 rings (SSSR count). The lowest BCUT2D eigenvalue weighted by Gasteiger charge is -2.09. The number of sulfone groups is 1. The number of hydrogen-bond acceptors (Lipinski definition) is 4. The molecular formula is C10H10F5NO3S. The highest BCUT2D eigenvalue weighted by Gasteiger charge is 2.29. The Bertz CT molecular complexity index is 562. The third-order valence-corrected chi connectivity index (χ3v) is 3.81. The summed E-state index contributed by atoms with van der Waals surface area (Å²) in [5.41, 5.74) is 4.80. The number of rotatable bonds is 5. The zero-order chi connectivity index (χ0) is 15.6. The second-order valence-electron chi connectivity index (χ2n) is 3.80. The van der Waals surface area contributed by atoms with Crippen molar-refractivity contribution in [1.29, 1.82) is 0 Å². The molecule has 10 heteroatoms. The Morgan fingerprint density at radius 3 is 2.10 bits per heavy atom. The van der Waals surface area contributed by atoms with E-state index in [9.17, 15) is 30.4 Å². The van der Waals surface area contributed by atoms with E-state index in [1.165, 1.54) is 0 Å². The molecule has 0 spiro atoms. The van der Waals surface area contributed by atoms with Crippen molar-refractivity contribution >= 4 is 15.5 Å². The Morgan fingerprint density at radius 1 is 1.15 bits per heavy atom. The third-order valence-electron chi connectivity index (χ3n) is 2.09. The van der Waals surface area contributed by atoms with Crippen LogP contribution in [0, 0.1) is 11.6 Å². The number of halogens is 5. The van der Waals surface area contributed by atoms with Crippen LogP contribution in [0.25, 0.3) is 0 Å². The fraction of sp³-hybridized carbons (Fsp3) is 0.400. The van der Waals surface area contributed by atoms with Gasteiger partial charge in [-0.05, 0) is 12.1 Å². The molecule has 0 saturated carbocycles. The summed E-state index contributed by atoms with van der Waals surface area (Å²) in [5.74, 6) is -3.79. The van der Waals surface area contributed by atoms with Crippen molar-refractivity contribution in [3.8, 4) is 0 Å². The molecule has 0 heterocycles. The fourth-order valence-electron chi connectivity index (χ4n) is 1.34. The van der Waals surface area contributed by atoms with Crippen LogP contribution in [0.15, 0.2) is 17.0 Å². The van der Waals surface area contributed by atoms with Gasteiger partial charge < -0.3 is 10.5 Å². The topological polar surface area (TPSA) is 69.4 Å². The molecule has 1 aromatic rings. The molecular weight excluding hydrogens is 309 g/mol. The van der Waals surface area contributed by atoms with Crippen LogP contribution in [0.2, 0.25) is 0 Å². The summed E-state index contributed by atoms with van der Waals surface area (Å²) in [6.07, 6.45) is -4.61. The summed E-state index contributed by atoms with van der Waals surface area (Å²) in [5, 5.41) is 0. The molecule has 0 radical (unpaired) electrons. The van der Waals surface area contributed by atoms with E-state index in [2.05, 4.69) is 4.74 Å². The Balaban J connectivity index is 2.80. The number of benzene rings is 1. The summed E-state index contributed by atoms with van der Waals surface area (Å²) in [4.78, 5) is -1.23. The van der Waals surface area contributed by atoms with Gasteiger partial charge in [0.1, 0.15) is 23.1 Å². The maximum Gasteiger partial charge on any atom is 0.411 e. The van der Waals surface area contributed by atoms with Crippen LogP contribution in [-0.2, 0) is 14.6 Å². The fourth-order valence-corrected chi connectivity index (χ4v) is 2.59. The molecule has 20 heavy (non-hydrogen) atoms. The predicted molar refractivity (Wildman–Crippen MR) is 59.7 cm³/mol. The summed E-state index contributed by atoms with van der Waals surface area (Å²) >= 11 is 0. The van der Waals surface area contributed by atoms with Crippen LogP contribution < -0.4 is 5.73 Å². The first-order chi connectivity index (χ1) is 9.03. The molecule has 0 aliphatic carbocycles. The zero-order valence-corrected chi connectivity index (χ0v) is 10.7. The second-order valence-corrected chi connectivity index (χ2v) is 5.85. The quantitative estimate of drug-likeness (QED) is 0.511. The van der Waals surface area contributed by atoms with Gasteiger partial charge in [-0.3, -0.25) is 0 Å². The maximum atomic E-state index is 13.4. The van der Waals surface area contributed by atoms with E-state index in [1.807, 2.05) is 0 Å². The van der Waals surface area contributed by atoms with E-state index in [-0.39, 0.29) is 5.69 Å². The number of anilines is 1. The van der Waals surface area contributed by atoms with Crippen LogP contribution in [-0.4, -0.2) is 33.6 Å². The average Bonchev–Trinajstić information content (AvgIpc) is 2.21. The molecule has 2 N–H and O–H groups in total. The van der Waals surface area contributed by atoms with Crippen molar-refractivity contribution in [2.75, 3.05) is 24.7 Å². The van der Waals surface area contributed by atoms with Gasteiger partial charge >= 0.3 is 6.18 Å². The molecule has 0 aliphatic rings. The van der Waals surface area contributed by atoms with Crippen molar-refractivity contribution in [3.63, 3.8) is 0 Å². The number of nitrogen functional groups attached to an aromatic ring is 1. The molecule has 0 fully saturated rings. The van der Waals surface area contributed by atoms with E-state index in [4.69, 9.17) is 5.73 Å². The zero-order valence-electron chi connectivity index (χ0n) is 9.88. The number of alkyl halides is 3. The number of ether oxygens (including phenoxy) is 1. The Hall–Kier alpha value is -1.42. The van der Waals surface area contributed by atoms with Crippen molar-refractivity contribution in [2.45, 2.75) is 11.1 Å². The smallest absolute Gasteiger partial charge is 0.399 e. The minimum absolute atomic E-state index is 0.313. The predicted octanol–water partition coefficient (Wildman–Crippen LogP) is 1.90. The highest BCUT2D eigenvalue weighted by molar-refractivity contribution is 7.91. The van der Waals surface area contributed by atoms with Gasteiger partial charge in [0, 0.05) is 5.69 Å². The van der Waals surface area contributed by atoms with Crippen LogP contribution in [0.5, 0.6) is 0 Å². The highest BCUT2D eigenvalue weighted by Crippen LogP contribution is 2.23. The molecule has 0 unspecified atom stereocenters. The molecule has 1 aromatic carbocycles. The lowest BCUT2D eigenvalue weighted by atomic mass is 10.3. The van der Waals surface area contributed by atoms with Crippen molar-refractivity contribution < 1.29 is 35.1 Å². The number of hydrogen-bond donors (Lipinski definition) is 1. The van der Waals surface area contributed by atoms with Gasteiger partial charge in [0.2, 0.25) is 0 Å². The van der Waals surface area contributed by atoms with E-state index >= 15 is 0 Å². The first-order valence-corrected chi connectivity index (χ1v) is 6.80. The van der Waals surface area contributed by atoms with Gasteiger partial charge in [-0.1, -0.05) is 0 Å². The SMILES string of the molecule is Nc1cc(F)c(S(=O)(=O)CCOCC(F)(F)F)c(F)c1. The van der Waals surface area contributed by atoms with Crippen molar-refractivity contribution in [1.82, 2.24) is 0 Å². The largest absolute Gasteiger partial charge is 0.411 e. The molecule has 4 nitrogen and oxygen atoms in total. The van der Waals surface area contributed by atoms with Gasteiger partial charge in [0.25, 0.3) is 0 Å². The minimum Gasteiger partial charge on any atom is -0.399 e. The molecule has 114 valence electrons. The first kappa shape index (κ1) is 16.6. The van der Waals surface area contributed by atoms with Crippen LogP contribution in [0.1, 0.15) is 0 Å². The molecule has 0 aromatic heterocycles. The van der Waals surface area contributed by atoms with E-state index in [0.717, 1.165) is 0 Å². The lowest BCUT2D eigenvalue weighted by Crippen LogP contribution is -2.21. The van der Waals surface area contributed by atoms with Gasteiger partial charge in [0.05, 0.1) is 12.4 Å². The summed E-state index contributed by atoms with van der Waals surface area (Å²) in [6.45, 7) is -2.49. The highest BCUT2D eigenvalue weighted by atomic mass is 32.2. The van der Waals surface area contributed by atoms with Gasteiger partial charge in [-0.15, -0.1) is 0 Å². The van der Waals surface area contributed by atoms with E-state index < -0.39 is 51.5 Å². The van der Waals surface area contributed by atoms with Crippen LogP contribution in [0.3, 0.4) is 0 Å². The molecule has 0 aliphatic heterocycles. The van der Waals surface area contributed by atoms with Crippen molar-refractivity contribution in [2.24, 2.45) is 0 Å². The van der Waals surface area contributed by atoms with E-state index in [0.29, 0.717) is 12.1 Å². The minimum atomic E-state index is -4.61. The Labute approximate surface area is 111 Å². The van der Waals surface area contributed by atoms with Crippen LogP contribution >= 0.6 is 0 Å². The third kappa shape index (κ3) is 4.60. The normalized spacial score (nSPS) is 12.7. The standard InChI is InChI=1S/C10H10F5NO3S/c11-7-3-6(16)4-8(12)9(7)20(17,18)2-1-19-5-10(13,14)15/h3-4H,1-2,5,16H2. The van der Waals surface area contributed by atoms with Gasteiger partial charge in [-0.2, -0.15) is 13.2 Å². The lowest BCUT2D eigenvalue weighted by molar-refractivity contribution is -0.172. The van der Waals surface area contributed by atoms with Gasteiger partial charge in [-0.25, -0.2) is 17.2 Å². The molecule has 0 amide bonds.